The van der Waals surface area contributed by atoms with Crippen molar-refractivity contribution in [3.8, 4) is 0 Å². The van der Waals surface area contributed by atoms with E-state index in [1.165, 1.54) is 6.92 Å². The lowest BCUT2D eigenvalue weighted by Crippen LogP contribution is -2.37. The van der Waals surface area contributed by atoms with Crippen molar-refractivity contribution in [2.75, 3.05) is 6.54 Å². The minimum Gasteiger partial charge on any atom is -0.458 e. The molecule has 0 spiro atoms. The van der Waals surface area contributed by atoms with Gasteiger partial charge in [-0.05, 0) is 19.1 Å². The molecule has 17 heavy (non-hydrogen) atoms. The summed E-state index contributed by atoms with van der Waals surface area (Å²) >= 11 is 0. The average molecular weight is 233 g/mol. The van der Waals surface area contributed by atoms with Gasteiger partial charge in [0.1, 0.15) is 16.9 Å². The molecule has 0 bridgehead atoms. The van der Waals surface area contributed by atoms with Crippen LogP contribution in [-0.4, -0.2) is 17.6 Å². The van der Waals surface area contributed by atoms with Gasteiger partial charge in [-0.3, -0.25) is 4.79 Å². The Kier molecular flexibility index (Phi) is 2.90. The predicted molar refractivity (Wildman–Crippen MR) is 64.5 cm³/mol. The van der Waals surface area contributed by atoms with Crippen LogP contribution in [-0.2, 0) is 10.4 Å². The van der Waals surface area contributed by atoms with E-state index in [9.17, 15) is 9.90 Å². The normalized spacial score (nSPS) is 14.5. The van der Waals surface area contributed by atoms with Crippen molar-refractivity contribution in [1.29, 1.82) is 0 Å². The number of rotatable bonds is 3. The fourth-order valence-corrected chi connectivity index (χ4v) is 1.63. The van der Waals surface area contributed by atoms with Crippen molar-refractivity contribution in [3.63, 3.8) is 0 Å². The molecule has 90 valence electrons. The molecule has 1 aromatic carbocycles. The molecule has 2 N–H and O–H groups in total. The first-order valence-electron chi connectivity index (χ1n) is 5.45. The first-order chi connectivity index (χ1) is 7.99. The van der Waals surface area contributed by atoms with E-state index >= 15 is 0 Å². The van der Waals surface area contributed by atoms with Crippen LogP contribution < -0.4 is 5.32 Å². The van der Waals surface area contributed by atoms with Crippen LogP contribution in [0.4, 0.5) is 0 Å². The molecule has 1 unspecified atom stereocenters. The summed E-state index contributed by atoms with van der Waals surface area (Å²) in [7, 11) is 0. The van der Waals surface area contributed by atoms with E-state index < -0.39 is 5.60 Å². The van der Waals surface area contributed by atoms with Gasteiger partial charge in [0.25, 0.3) is 0 Å². The van der Waals surface area contributed by atoms with Crippen LogP contribution in [0.1, 0.15) is 19.6 Å². The number of nitrogens with one attached hydrogen (secondary N) is 1. The van der Waals surface area contributed by atoms with Gasteiger partial charge in [-0.1, -0.05) is 18.2 Å². The minimum atomic E-state index is -1.20. The lowest BCUT2D eigenvalue weighted by molar-refractivity contribution is -0.120. The van der Waals surface area contributed by atoms with E-state index in [1.54, 1.807) is 13.0 Å². The van der Waals surface area contributed by atoms with Gasteiger partial charge in [-0.25, -0.2) is 0 Å². The molecule has 0 saturated heterocycles. The summed E-state index contributed by atoms with van der Waals surface area (Å²) in [4.78, 5) is 10.8. The Bertz CT molecular complexity index is 509. The maximum Gasteiger partial charge on any atom is 0.216 e. The third kappa shape index (κ3) is 2.47. The van der Waals surface area contributed by atoms with E-state index in [4.69, 9.17) is 4.42 Å². The molecule has 1 heterocycles. The highest BCUT2D eigenvalue weighted by atomic mass is 16.4. The fourth-order valence-electron chi connectivity index (χ4n) is 1.63. The number of hydrogen-bond acceptors (Lipinski definition) is 3. The van der Waals surface area contributed by atoms with Crippen LogP contribution in [0.2, 0.25) is 0 Å². The van der Waals surface area contributed by atoms with E-state index in [-0.39, 0.29) is 12.5 Å². The lowest BCUT2D eigenvalue weighted by Gasteiger charge is -2.20. The fraction of sp³-hybridized carbons (Fsp3) is 0.308. The second-order valence-electron chi connectivity index (χ2n) is 4.33. The molecular weight excluding hydrogens is 218 g/mol. The topological polar surface area (TPSA) is 62.5 Å². The van der Waals surface area contributed by atoms with Crippen molar-refractivity contribution in [2.24, 2.45) is 0 Å². The number of para-hydroxylation sites is 1. The standard InChI is InChI=1S/C13H15NO3/c1-9(15)14-8-13(2,16)12-7-10-5-3-4-6-11(10)17-12/h3-7,16H,8H2,1-2H3,(H,14,15). The summed E-state index contributed by atoms with van der Waals surface area (Å²) in [5.74, 6) is 0.272. The maximum absolute atomic E-state index is 10.8. The second-order valence-corrected chi connectivity index (χ2v) is 4.33. The number of furan rings is 1. The van der Waals surface area contributed by atoms with E-state index in [0.717, 1.165) is 11.0 Å². The zero-order valence-corrected chi connectivity index (χ0v) is 9.86. The molecule has 0 aliphatic rings. The Balaban J connectivity index is 2.28. The van der Waals surface area contributed by atoms with E-state index in [2.05, 4.69) is 5.32 Å². The van der Waals surface area contributed by atoms with E-state index in [1.807, 2.05) is 24.3 Å². The van der Waals surface area contributed by atoms with Gasteiger partial charge >= 0.3 is 0 Å². The molecule has 0 aliphatic carbocycles. The summed E-state index contributed by atoms with van der Waals surface area (Å²) in [5.41, 5.74) is -0.476. The molecule has 1 amide bonds. The highest BCUT2D eigenvalue weighted by molar-refractivity contribution is 5.78. The molecule has 4 heteroatoms. The Morgan fingerprint density at radius 3 is 2.82 bits per heavy atom. The monoisotopic (exact) mass is 233 g/mol. The van der Waals surface area contributed by atoms with Crippen LogP contribution in [0.3, 0.4) is 0 Å². The van der Waals surface area contributed by atoms with Gasteiger partial charge in [0.05, 0.1) is 6.54 Å². The van der Waals surface area contributed by atoms with Gasteiger partial charge in [-0.15, -0.1) is 0 Å². The number of amides is 1. The zero-order valence-electron chi connectivity index (χ0n) is 9.86. The van der Waals surface area contributed by atoms with Crippen LogP contribution in [0, 0.1) is 0 Å². The molecule has 2 aromatic rings. The predicted octanol–water partition coefficient (Wildman–Crippen LogP) is 1.78. The van der Waals surface area contributed by atoms with Crippen molar-refractivity contribution >= 4 is 16.9 Å². The van der Waals surface area contributed by atoms with Crippen LogP contribution in [0.5, 0.6) is 0 Å². The molecule has 0 radical (unpaired) electrons. The molecule has 0 fully saturated rings. The summed E-state index contributed by atoms with van der Waals surface area (Å²) in [5, 5.41) is 13.7. The Morgan fingerprint density at radius 2 is 2.18 bits per heavy atom. The van der Waals surface area contributed by atoms with Crippen molar-refractivity contribution in [2.45, 2.75) is 19.4 Å². The van der Waals surface area contributed by atoms with E-state index in [0.29, 0.717) is 5.76 Å². The molecule has 2 rings (SSSR count). The van der Waals surface area contributed by atoms with Gasteiger partial charge in [0, 0.05) is 12.3 Å². The molecule has 1 aromatic heterocycles. The number of fused-ring (bicyclic) bond motifs is 1. The zero-order chi connectivity index (χ0) is 12.5. The minimum absolute atomic E-state index is 0.127. The van der Waals surface area contributed by atoms with Crippen LogP contribution in [0.25, 0.3) is 11.0 Å². The van der Waals surface area contributed by atoms with Crippen LogP contribution in [0.15, 0.2) is 34.7 Å². The number of hydrogen-bond donors (Lipinski definition) is 2. The number of benzene rings is 1. The molecule has 4 nitrogen and oxygen atoms in total. The number of carbonyl (C=O) groups is 1. The first kappa shape index (κ1) is 11.7. The Hall–Kier alpha value is -1.81. The lowest BCUT2D eigenvalue weighted by atomic mass is 10.0. The van der Waals surface area contributed by atoms with Crippen molar-refractivity contribution < 1.29 is 14.3 Å². The van der Waals surface area contributed by atoms with Gasteiger partial charge < -0.3 is 14.8 Å². The van der Waals surface area contributed by atoms with Gasteiger partial charge in [-0.2, -0.15) is 0 Å². The largest absolute Gasteiger partial charge is 0.458 e. The SMILES string of the molecule is CC(=O)NCC(C)(O)c1cc2ccccc2o1. The number of aliphatic hydroxyl groups is 1. The van der Waals surface area contributed by atoms with Crippen molar-refractivity contribution in [3.05, 3.63) is 36.1 Å². The van der Waals surface area contributed by atoms with Gasteiger partial charge in [0.15, 0.2) is 0 Å². The summed E-state index contributed by atoms with van der Waals surface area (Å²) in [6.07, 6.45) is 0. The first-order valence-corrected chi connectivity index (χ1v) is 5.45. The van der Waals surface area contributed by atoms with Gasteiger partial charge in [0.2, 0.25) is 5.91 Å². The third-order valence-corrected chi connectivity index (χ3v) is 2.64. The smallest absolute Gasteiger partial charge is 0.216 e. The highest BCUT2D eigenvalue weighted by Gasteiger charge is 2.27. The van der Waals surface area contributed by atoms with Crippen molar-refractivity contribution in [1.82, 2.24) is 5.32 Å². The molecular formula is C13H15NO3. The molecule has 0 aliphatic heterocycles. The molecule has 1 atom stereocenters. The summed E-state index contributed by atoms with van der Waals surface area (Å²) in [6, 6.07) is 9.32. The molecule has 0 saturated carbocycles. The Labute approximate surface area is 99.2 Å². The summed E-state index contributed by atoms with van der Waals surface area (Å²) < 4.78 is 5.56. The number of carbonyl (C=O) groups excluding carboxylic acids is 1. The highest BCUT2D eigenvalue weighted by Crippen LogP contribution is 2.27. The third-order valence-electron chi connectivity index (χ3n) is 2.64. The average Bonchev–Trinajstić information content (AvgIpc) is 2.71. The Morgan fingerprint density at radius 1 is 1.47 bits per heavy atom. The maximum atomic E-state index is 10.8. The summed E-state index contributed by atoms with van der Waals surface area (Å²) in [6.45, 7) is 3.15. The quantitative estimate of drug-likeness (QED) is 0.849. The second kappa shape index (κ2) is 4.22. The van der Waals surface area contributed by atoms with Crippen LogP contribution >= 0.6 is 0 Å².